The zero-order chi connectivity index (χ0) is 16.8. The molecular weight excluding hydrogens is 334 g/mol. The van der Waals surface area contributed by atoms with E-state index >= 15 is 0 Å². The maximum Gasteiger partial charge on any atom is 0.322 e. The molecule has 0 aliphatic carbocycles. The zero-order valence-electron chi connectivity index (χ0n) is 13.1. The van der Waals surface area contributed by atoms with Crippen molar-refractivity contribution in [1.82, 2.24) is 5.32 Å². The van der Waals surface area contributed by atoms with Gasteiger partial charge in [-0.3, -0.25) is 10.1 Å². The molecule has 0 bridgehead atoms. The SMILES string of the molecule is Cc1c(Cl)cccc1-c1ccc(C2NC(C(=O)O)C(C)(C)S2)o1. The summed E-state index contributed by atoms with van der Waals surface area (Å²) in [6.07, 6.45) is 0. The molecule has 3 rings (SSSR count). The molecule has 1 aliphatic heterocycles. The Labute approximate surface area is 144 Å². The fourth-order valence-electron chi connectivity index (χ4n) is 2.78. The van der Waals surface area contributed by atoms with Gasteiger partial charge >= 0.3 is 5.97 Å². The molecule has 1 saturated heterocycles. The van der Waals surface area contributed by atoms with Crippen molar-refractivity contribution in [3.05, 3.63) is 46.7 Å². The molecule has 6 heteroatoms. The summed E-state index contributed by atoms with van der Waals surface area (Å²) in [5, 5.41) is 13.0. The number of carboxylic acids is 1. The lowest BCUT2D eigenvalue weighted by Crippen LogP contribution is -2.43. The highest BCUT2D eigenvalue weighted by molar-refractivity contribution is 8.01. The van der Waals surface area contributed by atoms with Crippen LogP contribution in [0.1, 0.15) is 30.5 Å². The maximum atomic E-state index is 11.4. The number of rotatable bonds is 3. The Balaban J connectivity index is 1.89. The number of hydrogen-bond acceptors (Lipinski definition) is 4. The van der Waals surface area contributed by atoms with Gasteiger partial charge in [0.1, 0.15) is 22.9 Å². The van der Waals surface area contributed by atoms with Gasteiger partial charge in [-0.1, -0.05) is 23.7 Å². The van der Waals surface area contributed by atoms with E-state index in [1.165, 1.54) is 0 Å². The Kier molecular flexibility index (Phi) is 4.21. The number of halogens is 1. The van der Waals surface area contributed by atoms with Crippen LogP contribution in [0.4, 0.5) is 0 Å². The van der Waals surface area contributed by atoms with Gasteiger partial charge in [0.2, 0.25) is 0 Å². The second kappa shape index (κ2) is 5.89. The number of furan rings is 1. The first-order valence-corrected chi connectivity index (χ1v) is 8.57. The summed E-state index contributed by atoms with van der Waals surface area (Å²) in [5.41, 5.74) is 1.91. The van der Waals surface area contributed by atoms with Crippen LogP contribution in [-0.4, -0.2) is 21.9 Å². The molecule has 2 heterocycles. The van der Waals surface area contributed by atoms with E-state index in [4.69, 9.17) is 16.0 Å². The molecule has 4 nitrogen and oxygen atoms in total. The van der Waals surface area contributed by atoms with Crippen molar-refractivity contribution in [3.63, 3.8) is 0 Å². The van der Waals surface area contributed by atoms with Crippen molar-refractivity contribution in [3.8, 4) is 11.3 Å². The monoisotopic (exact) mass is 351 g/mol. The highest BCUT2D eigenvalue weighted by Gasteiger charge is 2.46. The molecule has 0 radical (unpaired) electrons. The Morgan fingerprint density at radius 2 is 2.09 bits per heavy atom. The Morgan fingerprint density at radius 1 is 1.35 bits per heavy atom. The zero-order valence-corrected chi connectivity index (χ0v) is 14.7. The van der Waals surface area contributed by atoms with E-state index in [9.17, 15) is 9.90 Å². The van der Waals surface area contributed by atoms with Gasteiger partial charge in [-0.25, -0.2) is 0 Å². The Bertz CT molecular complexity index is 756. The fourth-order valence-corrected chi connectivity index (χ4v) is 4.31. The van der Waals surface area contributed by atoms with E-state index in [0.29, 0.717) is 5.02 Å². The van der Waals surface area contributed by atoms with Gasteiger partial charge in [0.05, 0.1) is 0 Å². The lowest BCUT2D eigenvalue weighted by molar-refractivity contribution is -0.139. The number of nitrogens with one attached hydrogen (secondary N) is 1. The molecule has 0 amide bonds. The Morgan fingerprint density at radius 3 is 2.74 bits per heavy atom. The minimum absolute atomic E-state index is 0.181. The number of benzene rings is 1. The van der Waals surface area contributed by atoms with Crippen LogP contribution in [0, 0.1) is 6.92 Å². The summed E-state index contributed by atoms with van der Waals surface area (Å²) >= 11 is 7.73. The van der Waals surface area contributed by atoms with Gasteiger partial charge in [0, 0.05) is 15.3 Å². The molecule has 2 aromatic rings. The lowest BCUT2D eigenvalue weighted by Gasteiger charge is -2.20. The normalized spacial score (nSPS) is 23.1. The molecule has 23 heavy (non-hydrogen) atoms. The summed E-state index contributed by atoms with van der Waals surface area (Å²) in [6.45, 7) is 5.80. The average molecular weight is 352 g/mol. The van der Waals surface area contributed by atoms with E-state index in [-0.39, 0.29) is 5.37 Å². The van der Waals surface area contributed by atoms with Crippen molar-refractivity contribution in [2.24, 2.45) is 0 Å². The summed E-state index contributed by atoms with van der Waals surface area (Å²) in [7, 11) is 0. The maximum absolute atomic E-state index is 11.4. The molecule has 1 aromatic carbocycles. The summed E-state index contributed by atoms with van der Waals surface area (Å²) < 4.78 is 5.57. The molecule has 0 spiro atoms. The highest BCUT2D eigenvalue weighted by atomic mass is 35.5. The largest absolute Gasteiger partial charge is 0.480 e. The topological polar surface area (TPSA) is 62.5 Å². The standard InChI is InChI=1S/C17H18ClNO3S/c1-9-10(5-4-6-11(9)18)12-7-8-13(22-12)15-19-14(16(20)21)17(2,3)23-15/h4-8,14-15,19H,1-3H3,(H,20,21). The summed E-state index contributed by atoms with van der Waals surface area (Å²) in [6, 6.07) is 8.87. The van der Waals surface area contributed by atoms with Crippen molar-refractivity contribution >= 4 is 29.3 Å². The van der Waals surface area contributed by atoms with Crippen molar-refractivity contribution < 1.29 is 14.3 Å². The molecule has 2 unspecified atom stereocenters. The molecule has 0 saturated carbocycles. The molecule has 1 aliphatic rings. The van der Waals surface area contributed by atoms with Gasteiger partial charge in [-0.15, -0.1) is 11.8 Å². The third-order valence-electron chi connectivity index (χ3n) is 4.10. The van der Waals surface area contributed by atoms with Crippen molar-refractivity contribution in [2.45, 2.75) is 36.9 Å². The smallest absolute Gasteiger partial charge is 0.322 e. The molecule has 1 aromatic heterocycles. The first-order chi connectivity index (χ1) is 10.8. The number of carbonyl (C=O) groups is 1. The van der Waals surface area contributed by atoms with Crippen LogP contribution in [0.5, 0.6) is 0 Å². The van der Waals surface area contributed by atoms with Gasteiger partial charge in [-0.2, -0.15) is 0 Å². The second-order valence-electron chi connectivity index (χ2n) is 6.15. The van der Waals surface area contributed by atoms with Crippen LogP contribution in [-0.2, 0) is 4.79 Å². The minimum Gasteiger partial charge on any atom is -0.480 e. The second-order valence-corrected chi connectivity index (χ2v) is 8.32. The van der Waals surface area contributed by atoms with Gasteiger partial charge < -0.3 is 9.52 Å². The predicted octanol–water partition coefficient (Wildman–Crippen LogP) is 4.48. The van der Waals surface area contributed by atoms with Crippen LogP contribution < -0.4 is 5.32 Å². The number of aliphatic carboxylic acids is 1. The van der Waals surface area contributed by atoms with Crippen molar-refractivity contribution in [2.75, 3.05) is 0 Å². The quantitative estimate of drug-likeness (QED) is 0.853. The van der Waals surface area contributed by atoms with E-state index < -0.39 is 16.8 Å². The van der Waals surface area contributed by atoms with Gasteiger partial charge in [-0.05, 0) is 44.5 Å². The van der Waals surface area contributed by atoms with Crippen LogP contribution in [0.2, 0.25) is 5.02 Å². The summed E-state index contributed by atoms with van der Waals surface area (Å²) in [5.74, 6) is 0.614. The van der Waals surface area contributed by atoms with Gasteiger partial charge in [0.25, 0.3) is 0 Å². The number of carboxylic acid groups (broad SMARTS) is 1. The average Bonchev–Trinajstić information content (AvgIpc) is 3.06. The third-order valence-corrected chi connectivity index (χ3v) is 5.96. The molecule has 2 atom stereocenters. The third kappa shape index (κ3) is 3.01. The van der Waals surface area contributed by atoms with Crippen LogP contribution in [0.15, 0.2) is 34.7 Å². The van der Waals surface area contributed by atoms with E-state index in [0.717, 1.165) is 22.6 Å². The highest BCUT2D eigenvalue weighted by Crippen LogP contribution is 2.46. The number of thioether (sulfide) groups is 1. The number of hydrogen-bond donors (Lipinski definition) is 2. The van der Waals surface area contributed by atoms with Crippen LogP contribution in [0.3, 0.4) is 0 Å². The molecular formula is C17H18ClNO3S. The van der Waals surface area contributed by atoms with E-state index in [2.05, 4.69) is 5.32 Å². The van der Waals surface area contributed by atoms with Crippen molar-refractivity contribution in [1.29, 1.82) is 0 Å². The minimum atomic E-state index is -0.845. The molecule has 2 N–H and O–H groups in total. The van der Waals surface area contributed by atoms with E-state index in [1.807, 2.05) is 51.1 Å². The fraction of sp³-hybridized carbons (Fsp3) is 0.353. The first kappa shape index (κ1) is 16.4. The first-order valence-electron chi connectivity index (χ1n) is 7.31. The van der Waals surface area contributed by atoms with Gasteiger partial charge in [0.15, 0.2) is 0 Å². The molecule has 122 valence electrons. The Hall–Kier alpha value is -1.43. The lowest BCUT2D eigenvalue weighted by atomic mass is 10.0. The van der Waals surface area contributed by atoms with Crippen LogP contribution >= 0.6 is 23.4 Å². The van der Waals surface area contributed by atoms with E-state index in [1.54, 1.807) is 11.8 Å². The molecule has 1 fully saturated rings. The van der Waals surface area contributed by atoms with Crippen LogP contribution in [0.25, 0.3) is 11.3 Å². The summed E-state index contributed by atoms with van der Waals surface area (Å²) in [4.78, 5) is 11.4. The predicted molar refractivity (Wildman–Crippen MR) is 92.9 cm³/mol.